The van der Waals surface area contributed by atoms with Crippen molar-refractivity contribution in [1.29, 1.82) is 0 Å². The molecule has 4 atom stereocenters. The predicted molar refractivity (Wildman–Crippen MR) is 170 cm³/mol. The van der Waals surface area contributed by atoms with Crippen molar-refractivity contribution in [2.45, 2.75) is 70.2 Å². The van der Waals surface area contributed by atoms with E-state index < -0.39 is 44.4 Å². The summed E-state index contributed by atoms with van der Waals surface area (Å²) in [6.07, 6.45) is -1.43. The van der Waals surface area contributed by atoms with E-state index in [1.165, 1.54) is 7.11 Å². The van der Waals surface area contributed by atoms with Crippen molar-refractivity contribution in [2.24, 2.45) is 10.9 Å². The molecule has 1 aliphatic rings. The second-order valence-electron chi connectivity index (χ2n) is 12.4. The van der Waals surface area contributed by atoms with Crippen LogP contribution in [0.5, 0.6) is 0 Å². The molecule has 4 rings (SSSR count). The molecule has 228 valence electrons. The van der Waals surface area contributed by atoms with Gasteiger partial charge in [-0.25, -0.2) is 4.79 Å². The Hall–Kier alpha value is -3.59. The summed E-state index contributed by atoms with van der Waals surface area (Å²) < 4.78 is 24.3. The van der Waals surface area contributed by atoms with Crippen molar-refractivity contribution >= 4 is 26.0 Å². The van der Waals surface area contributed by atoms with E-state index in [-0.39, 0.29) is 24.7 Å². The minimum absolute atomic E-state index is 0.0371. The van der Waals surface area contributed by atoms with Gasteiger partial charge < -0.3 is 18.6 Å². The maximum atomic E-state index is 13.5. The van der Waals surface area contributed by atoms with Gasteiger partial charge in [0, 0.05) is 17.0 Å². The van der Waals surface area contributed by atoms with E-state index >= 15 is 0 Å². The Bertz CT molecular complexity index is 1330. The Morgan fingerprint density at radius 1 is 0.930 bits per heavy atom. The molecule has 0 bridgehead atoms. The van der Waals surface area contributed by atoms with Gasteiger partial charge >= 0.3 is 11.9 Å². The molecule has 1 aliphatic heterocycles. The third-order valence-electron chi connectivity index (χ3n) is 8.38. The predicted octanol–water partition coefficient (Wildman–Crippen LogP) is 6.60. The van der Waals surface area contributed by atoms with Crippen LogP contribution in [-0.4, -0.2) is 57.9 Å². The lowest BCUT2D eigenvalue weighted by Gasteiger charge is -2.42. The summed E-state index contributed by atoms with van der Waals surface area (Å²) in [6.45, 7) is 11.2. The van der Waals surface area contributed by atoms with Crippen molar-refractivity contribution in [1.82, 2.24) is 0 Å². The van der Waals surface area contributed by atoms with Gasteiger partial charge in [0.25, 0.3) is 0 Å². The van der Waals surface area contributed by atoms with Gasteiger partial charge in [-0.1, -0.05) is 112 Å². The van der Waals surface area contributed by atoms with Crippen LogP contribution in [-0.2, 0) is 34.8 Å². The number of rotatable bonds is 11. The summed E-state index contributed by atoms with van der Waals surface area (Å²) in [5.74, 6) is -1.60. The van der Waals surface area contributed by atoms with Gasteiger partial charge in [0.05, 0.1) is 32.5 Å². The highest BCUT2D eigenvalue weighted by atomic mass is 28.4. The molecule has 0 N–H and O–H groups in total. The average molecular weight is 602 g/mol. The second kappa shape index (κ2) is 14.3. The van der Waals surface area contributed by atoms with E-state index in [0.717, 1.165) is 16.7 Å². The second-order valence-corrected chi connectivity index (χ2v) is 17.2. The highest BCUT2D eigenvalue weighted by Gasteiger charge is 2.48. The molecule has 0 amide bonds. The molecule has 0 aliphatic carbocycles. The topological polar surface area (TPSA) is 83.4 Å². The van der Waals surface area contributed by atoms with Crippen molar-refractivity contribution in [3.63, 3.8) is 0 Å². The molecule has 0 radical (unpaired) electrons. The molecule has 1 heterocycles. The maximum absolute atomic E-state index is 13.5. The molecule has 8 heteroatoms. The van der Waals surface area contributed by atoms with Crippen molar-refractivity contribution in [3.05, 3.63) is 108 Å². The molecule has 7 nitrogen and oxygen atoms in total. The largest absolute Gasteiger partial charge is 0.467 e. The van der Waals surface area contributed by atoms with E-state index in [0.29, 0.717) is 5.71 Å². The summed E-state index contributed by atoms with van der Waals surface area (Å²) in [5.41, 5.74) is 3.29. The van der Waals surface area contributed by atoms with E-state index in [1.807, 2.05) is 91.0 Å². The van der Waals surface area contributed by atoms with Crippen LogP contribution in [0, 0.1) is 5.92 Å². The number of hydrogen-bond acceptors (Lipinski definition) is 7. The Labute approximate surface area is 256 Å². The van der Waals surface area contributed by atoms with Gasteiger partial charge in [-0.2, -0.15) is 0 Å². The quantitative estimate of drug-likeness (QED) is 0.140. The van der Waals surface area contributed by atoms with Crippen molar-refractivity contribution < 1.29 is 28.2 Å². The van der Waals surface area contributed by atoms with E-state index in [4.69, 9.17) is 23.6 Å². The number of benzene rings is 3. The van der Waals surface area contributed by atoms with Crippen LogP contribution < -0.4 is 0 Å². The average Bonchev–Trinajstić information content (AvgIpc) is 3.00. The first-order valence-corrected chi connectivity index (χ1v) is 17.7. The van der Waals surface area contributed by atoms with Crippen LogP contribution in [0.2, 0.25) is 18.1 Å². The smallest absolute Gasteiger partial charge is 0.331 e. The summed E-state index contributed by atoms with van der Waals surface area (Å²) in [6, 6.07) is 28.2. The Kier molecular flexibility index (Phi) is 10.7. The zero-order valence-electron chi connectivity index (χ0n) is 26.0. The lowest BCUT2D eigenvalue weighted by Crippen LogP contribution is -2.54. The monoisotopic (exact) mass is 601 g/mol. The maximum Gasteiger partial charge on any atom is 0.331 e. The van der Waals surface area contributed by atoms with Crippen LogP contribution in [0.25, 0.3) is 0 Å². The first kappa shape index (κ1) is 32.3. The first-order chi connectivity index (χ1) is 20.5. The summed E-state index contributed by atoms with van der Waals surface area (Å²) in [5, 5.41) is -0.0371. The molecule has 43 heavy (non-hydrogen) atoms. The molecular weight excluding hydrogens is 558 g/mol. The normalized spacial score (nSPS) is 19.7. The molecule has 1 fully saturated rings. The van der Waals surface area contributed by atoms with E-state index in [9.17, 15) is 9.59 Å². The van der Waals surface area contributed by atoms with E-state index in [1.54, 1.807) is 0 Å². The first-order valence-electron chi connectivity index (χ1n) is 14.8. The number of cyclic esters (lactones) is 1. The van der Waals surface area contributed by atoms with Gasteiger partial charge in [-0.15, -0.1) is 0 Å². The van der Waals surface area contributed by atoms with Gasteiger partial charge in [-0.3, -0.25) is 9.79 Å². The Morgan fingerprint density at radius 3 is 1.98 bits per heavy atom. The third-order valence-corrected chi connectivity index (χ3v) is 12.9. The van der Waals surface area contributed by atoms with Crippen LogP contribution in [0.3, 0.4) is 0 Å². The highest BCUT2D eigenvalue weighted by molar-refractivity contribution is 6.74. The molecule has 0 aromatic heterocycles. The number of carbonyl (C=O) groups excluding carboxylic acids is 2. The van der Waals surface area contributed by atoms with Gasteiger partial charge in [0.1, 0.15) is 6.10 Å². The summed E-state index contributed by atoms with van der Waals surface area (Å²) >= 11 is 0. The zero-order chi connectivity index (χ0) is 31.0. The number of methoxy groups -OCH3 is 1. The molecule has 0 spiro atoms. The summed E-state index contributed by atoms with van der Waals surface area (Å²) in [4.78, 5) is 31.7. The summed E-state index contributed by atoms with van der Waals surface area (Å²) in [7, 11) is -0.844. The number of hydrogen-bond donors (Lipinski definition) is 0. The zero-order valence-corrected chi connectivity index (χ0v) is 27.0. The Morgan fingerprint density at radius 2 is 1.47 bits per heavy atom. The van der Waals surface area contributed by atoms with Crippen molar-refractivity contribution in [2.75, 3.05) is 13.7 Å². The molecule has 1 unspecified atom stereocenters. The lowest BCUT2D eigenvalue weighted by atomic mass is 9.85. The minimum Gasteiger partial charge on any atom is -0.467 e. The SMILES string of the molecule is COC(=O)C(N=C(c1ccccc1)c1ccccc1)[C@@H]1CC(=O)O[C@@H](CO[Si](C)(C)C(C)(C)C)[C@H]1OCc1ccccc1. The van der Waals surface area contributed by atoms with Crippen LogP contribution >= 0.6 is 0 Å². The van der Waals surface area contributed by atoms with Crippen molar-refractivity contribution in [3.8, 4) is 0 Å². The van der Waals surface area contributed by atoms with Crippen LogP contribution in [0.4, 0.5) is 0 Å². The minimum atomic E-state index is -2.19. The van der Waals surface area contributed by atoms with Gasteiger partial charge in [0.15, 0.2) is 20.5 Å². The fourth-order valence-corrected chi connectivity index (χ4v) is 5.90. The highest BCUT2D eigenvalue weighted by Crippen LogP contribution is 2.38. The molecular formula is C35H43NO6Si. The number of aliphatic imine (C=N–C) groups is 1. The lowest BCUT2D eigenvalue weighted by molar-refractivity contribution is -0.186. The standard InChI is InChI=1S/C35H43NO6Si/c1-35(2,3)43(5,6)41-24-29-33(40-23-25-16-10-7-11-17-25)28(22-30(37)42-29)32(34(38)39-4)36-31(26-18-12-8-13-19-26)27-20-14-9-15-21-27/h7-21,28-29,32-33H,22-24H2,1-6H3/t28-,29-,32?,33-/m0/s1. The van der Waals surface area contributed by atoms with E-state index in [2.05, 4.69) is 33.9 Å². The Balaban J connectivity index is 1.77. The van der Waals surface area contributed by atoms with Crippen LogP contribution in [0.1, 0.15) is 43.9 Å². The van der Waals surface area contributed by atoms with Gasteiger partial charge in [0.2, 0.25) is 0 Å². The number of esters is 2. The molecule has 3 aromatic rings. The fraction of sp³-hybridized carbons (Fsp3) is 0.400. The van der Waals surface area contributed by atoms with Gasteiger partial charge in [-0.05, 0) is 23.7 Å². The fourth-order valence-electron chi connectivity index (χ4n) is 4.88. The molecule has 0 saturated carbocycles. The number of nitrogens with zero attached hydrogens (tertiary/aromatic N) is 1. The number of carbonyl (C=O) groups is 2. The molecule has 1 saturated heterocycles. The third kappa shape index (κ3) is 8.28. The number of ether oxygens (including phenoxy) is 3. The van der Waals surface area contributed by atoms with Crippen LogP contribution in [0.15, 0.2) is 96.0 Å². The molecule has 3 aromatic carbocycles.